The first kappa shape index (κ1) is 14.9. The number of benzene rings is 2. The number of aryl methyl sites for hydroxylation is 1. The smallest absolute Gasteiger partial charge is 0.126 e. The number of hydrogen-bond acceptors (Lipinski definition) is 0. The Labute approximate surface area is 136 Å². The van der Waals surface area contributed by atoms with Gasteiger partial charge in [-0.15, -0.1) is 0 Å². The predicted molar refractivity (Wildman–Crippen MR) is 88.7 cm³/mol. The molecule has 2 aliphatic carbocycles. The van der Waals surface area contributed by atoms with Crippen molar-refractivity contribution in [2.45, 2.75) is 50.9 Å². The minimum absolute atomic E-state index is 0.0638. The third-order valence-electron chi connectivity index (χ3n) is 5.54. The molecule has 2 fully saturated rings. The van der Waals surface area contributed by atoms with Gasteiger partial charge in [0.1, 0.15) is 11.6 Å². The maximum absolute atomic E-state index is 14.1. The van der Waals surface area contributed by atoms with Crippen molar-refractivity contribution in [3.63, 3.8) is 0 Å². The molecule has 0 N–H and O–H groups in total. The Hall–Kier alpha value is -1.70. The van der Waals surface area contributed by atoms with Crippen LogP contribution in [0.4, 0.5) is 8.78 Å². The molecule has 2 aliphatic rings. The third kappa shape index (κ3) is 2.91. The lowest BCUT2D eigenvalue weighted by Crippen LogP contribution is -2.26. The molecule has 0 heterocycles. The molecule has 4 rings (SSSR count). The van der Waals surface area contributed by atoms with Gasteiger partial charge in [-0.1, -0.05) is 29.8 Å². The van der Waals surface area contributed by atoms with Gasteiger partial charge in [0.15, 0.2) is 0 Å². The first-order valence-electron chi connectivity index (χ1n) is 8.66. The summed E-state index contributed by atoms with van der Waals surface area (Å²) >= 11 is 0. The van der Waals surface area contributed by atoms with Crippen LogP contribution in [0.25, 0.3) is 0 Å². The van der Waals surface area contributed by atoms with E-state index in [0.717, 1.165) is 48.8 Å². The molecule has 0 amide bonds. The summed E-state index contributed by atoms with van der Waals surface area (Å²) in [5, 5.41) is 0. The zero-order chi connectivity index (χ0) is 16.0. The average molecular weight is 312 g/mol. The second kappa shape index (κ2) is 5.74. The zero-order valence-electron chi connectivity index (χ0n) is 13.5. The monoisotopic (exact) mass is 312 g/mol. The fourth-order valence-electron chi connectivity index (χ4n) is 3.90. The highest BCUT2D eigenvalue weighted by molar-refractivity contribution is 5.33. The third-order valence-corrected chi connectivity index (χ3v) is 5.54. The van der Waals surface area contributed by atoms with E-state index in [1.807, 2.05) is 25.1 Å². The van der Waals surface area contributed by atoms with Gasteiger partial charge >= 0.3 is 0 Å². The average Bonchev–Trinajstić information content (AvgIpc) is 3.33. The fourth-order valence-corrected chi connectivity index (χ4v) is 3.90. The molecule has 0 aromatic heterocycles. The maximum Gasteiger partial charge on any atom is 0.126 e. The zero-order valence-corrected chi connectivity index (χ0v) is 13.5. The predicted octanol–water partition coefficient (Wildman–Crippen LogP) is 5.89. The van der Waals surface area contributed by atoms with Crippen molar-refractivity contribution < 1.29 is 8.78 Å². The van der Waals surface area contributed by atoms with E-state index >= 15 is 0 Å². The van der Waals surface area contributed by atoms with E-state index in [1.165, 1.54) is 5.56 Å². The van der Waals surface area contributed by atoms with E-state index < -0.39 is 0 Å². The summed E-state index contributed by atoms with van der Waals surface area (Å²) in [6.45, 7) is 2.01. The van der Waals surface area contributed by atoms with Crippen LogP contribution in [-0.4, -0.2) is 0 Å². The summed E-state index contributed by atoms with van der Waals surface area (Å²) in [4.78, 5) is 0. The molecule has 120 valence electrons. The van der Waals surface area contributed by atoms with Gasteiger partial charge in [0.25, 0.3) is 0 Å². The van der Waals surface area contributed by atoms with Gasteiger partial charge in [-0.3, -0.25) is 0 Å². The van der Waals surface area contributed by atoms with Crippen LogP contribution in [0.3, 0.4) is 0 Å². The van der Waals surface area contributed by atoms with Crippen molar-refractivity contribution >= 4 is 0 Å². The van der Waals surface area contributed by atoms with Crippen LogP contribution < -0.4 is 0 Å². The van der Waals surface area contributed by atoms with Crippen LogP contribution in [0.2, 0.25) is 0 Å². The summed E-state index contributed by atoms with van der Waals surface area (Å²) in [6, 6.07) is 11.0. The van der Waals surface area contributed by atoms with Crippen LogP contribution in [0.1, 0.15) is 59.8 Å². The first-order chi connectivity index (χ1) is 11.1. The minimum Gasteiger partial charge on any atom is -0.207 e. The second-order valence-corrected chi connectivity index (χ2v) is 7.30. The molecule has 2 aromatic rings. The van der Waals surface area contributed by atoms with Gasteiger partial charge in [-0.2, -0.15) is 0 Å². The highest BCUT2D eigenvalue weighted by Crippen LogP contribution is 2.46. The van der Waals surface area contributed by atoms with E-state index in [9.17, 15) is 8.78 Å². The van der Waals surface area contributed by atoms with E-state index in [-0.39, 0.29) is 11.6 Å². The Morgan fingerprint density at radius 3 is 2.30 bits per heavy atom. The summed E-state index contributed by atoms with van der Waals surface area (Å²) in [6.07, 6.45) is 5.34. The molecule has 0 aliphatic heterocycles. The largest absolute Gasteiger partial charge is 0.207 e. The van der Waals surface area contributed by atoms with E-state index in [1.54, 1.807) is 12.1 Å². The molecule has 0 bridgehead atoms. The Kier molecular flexibility index (Phi) is 3.71. The van der Waals surface area contributed by atoms with Gasteiger partial charge in [-0.25, -0.2) is 8.78 Å². The summed E-state index contributed by atoms with van der Waals surface area (Å²) in [7, 11) is 0. The standard InChI is InChI=1S/C21H22F2/c1-13-2-8-21(23)19(10-13)17-7-6-16(17)11-14-3-9-20(22)18(12-14)15-4-5-15/h2-3,8-10,12,15-17H,4-7,11H2,1H3. The molecule has 2 saturated carbocycles. The summed E-state index contributed by atoms with van der Waals surface area (Å²) in [5.74, 6) is 1.07. The van der Waals surface area contributed by atoms with E-state index in [4.69, 9.17) is 0 Å². The summed E-state index contributed by atoms with van der Waals surface area (Å²) in [5.41, 5.74) is 4.08. The van der Waals surface area contributed by atoms with Gasteiger partial charge < -0.3 is 0 Å². The van der Waals surface area contributed by atoms with Crippen LogP contribution in [0.15, 0.2) is 36.4 Å². The van der Waals surface area contributed by atoms with E-state index in [2.05, 4.69) is 6.07 Å². The first-order valence-corrected chi connectivity index (χ1v) is 8.66. The molecular formula is C21H22F2. The fraction of sp³-hybridized carbons (Fsp3) is 0.429. The molecule has 2 atom stereocenters. The molecule has 0 radical (unpaired) electrons. The highest BCUT2D eigenvalue weighted by Gasteiger charge is 2.34. The number of rotatable bonds is 4. The quantitative estimate of drug-likeness (QED) is 0.660. The highest BCUT2D eigenvalue weighted by atomic mass is 19.1. The Bertz CT molecular complexity index is 731. The van der Waals surface area contributed by atoms with Crippen LogP contribution in [-0.2, 0) is 6.42 Å². The number of halogens is 2. The SMILES string of the molecule is Cc1ccc(F)c(C2CCC2Cc2ccc(F)c(C3CC3)c2)c1. The van der Waals surface area contributed by atoms with Gasteiger partial charge in [0.05, 0.1) is 0 Å². The Morgan fingerprint density at radius 2 is 1.61 bits per heavy atom. The lowest BCUT2D eigenvalue weighted by Gasteiger charge is -2.37. The number of hydrogen-bond donors (Lipinski definition) is 0. The van der Waals surface area contributed by atoms with Crippen molar-refractivity contribution in [1.82, 2.24) is 0 Å². The molecule has 0 nitrogen and oxygen atoms in total. The van der Waals surface area contributed by atoms with Crippen molar-refractivity contribution in [3.8, 4) is 0 Å². The lowest BCUT2D eigenvalue weighted by molar-refractivity contribution is 0.247. The molecule has 2 aromatic carbocycles. The molecule has 0 saturated heterocycles. The lowest BCUT2D eigenvalue weighted by atomic mass is 9.67. The van der Waals surface area contributed by atoms with Crippen LogP contribution in [0.5, 0.6) is 0 Å². The van der Waals surface area contributed by atoms with Crippen molar-refractivity contribution in [2.75, 3.05) is 0 Å². The Balaban J connectivity index is 1.53. The van der Waals surface area contributed by atoms with Crippen LogP contribution >= 0.6 is 0 Å². The van der Waals surface area contributed by atoms with Gasteiger partial charge in [0.2, 0.25) is 0 Å². The summed E-state index contributed by atoms with van der Waals surface area (Å²) < 4.78 is 28.0. The minimum atomic E-state index is -0.0805. The van der Waals surface area contributed by atoms with E-state index in [0.29, 0.717) is 17.8 Å². The molecule has 23 heavy (non-hydrogen) atoms. The van der Waals surface area contributed by atoms with Crippen molar-refractivity contribution in [3.05, 3.63) is 70.3 Å². The van der Waals surface area contributed by atoms with Crippen molar-refractivity contribution in [2.24, 2.45) is 5.92 Å². The Morgan fingerprint density at radius 1 is 0.870 bits per heavy atom. The molecule has 2 heteroatoms. The topological polar surface area (TPSA) is 0 Å². The molecule has 2 unspecified atom stereocenters. The second-order valence-electron chi connectivity index (χ2n) is 7.30. The molecule has 0 spiro atoms. The van der Waals surface area contributed by atoms with Crippen LogP contribution in [0, 0.1) is 24.5 Å². The van der Waals surface area contributed by atoms with Gasteiger partial charge in [0, 0.05) is 0 Å². The van der Waals surface area contributed by atoms with Gasteiger partial charge in [-0.05, 0) is 85.6 Å². The van der Waals surface area contributed by atoms with Crippen molar-refractivity contribution in [1.29, 1.82) is 0 Å². The normalized spacial score (nSPS) is 23.6. The molecular weight excluding hydrogens is 290 g/mol. The maximum atomic E-state index is 14.1.